The molecule has 27 heavy (non-hydrogen) atoms. The normalized spacial score (nSPS) is 13.5. The molecular formula is C19H26N2O4S2. The van der Waals surface area contributed by atoms with Crippen molar-refractivity contribution in [3.8, 4) is 0 Å². The first-order chi connectivity index (χ1) is 12.4. The third-order valence-electron chi connectivity index (χ3n) is 4.51. The van der Waals surface area contributed by atoms with Crippen LogP contribution in [0, 0.1) is 27.7 Å². The molecule has 0 aliphatic rings. The van der Waals surface area contributed by atoms with Gasteiger partial charge in [-0.15, -0.1) is 0 Å². The van der Waals surface area contributed by atoms with Gasteiger partial charge in [0.1, 0.15) is 0 Å². The van der Waals surface area contributed by atoms with Crippen LogP contribution in [-0.2, 0) is 20.0 Å². The van der Waals surface area contributed by atoms with Gasteiger partial charge in [0.2, 0.25) is 20.0 Å². The Morgan fingerprint density at radius 2 is 1.19 bits per heavy atom. The predicted molar refractivity (Wildman–Crippen MR) is 107 cm³/mol. The molecule has 0 amide bonds. The van der Waals surface area contributed by atoms with Crippen molar-refractivity contribution in [1.82, 2.24) is 9.44 Å². The topological polar surface area (TPSA) is 92.3 Å². The molecule has 8 heteroatoms. The standard InChI is InChI=1S/C19H26N2O4S2/c1-13-6-8-18(10-15(13)3)26(22,23)20-12-17(5)21-27(24,25)19-9-7-14(2)16(4)11-19/h6-11,17,20-21H,12H2,1-5H3/t17-/m0/s1. The van der Waals surface area contributed by atoms with Crippen molar-refractivity contribution in [2.45, 2.75) is 50.5 Å². The molecule has 6 nitrogen and oxygen atoms in total. The summed E-state index contributed by atoms with van der Waals surface area (Å²) >= 11 is 0. The minimum atomic E-state index is -3.73. The fourth-order valence-electron chi connectivity index (χ4n) is 2.45. The number of aryl methyl sites for hydroxylation is 4. The molecule has 2 rings (SSSR count). The maximum absolute atomic E-state index is 12.5. The second-order valence-electron chi connectivity index (χ2n) is 6.87. The predicted octanol–water partition coefficient (Wildman–Crippen LogP) is 2.57. The summed E-state index contributed by atoms with van der Waals surface area (Å²) in [5.74, 6) is 0. The average molecular weight is 411 g/mol. The lowest BCUT2D eigenvalue weighted by atomic mass is 10.1. The van der Waals surface area contributed by atoms with E-state index in [1.807, 2.05) is 27.7 Å². The zero-order valence-corrected chi connectivity index (χ0v) is 17.8. The fraction of sp³-hybridized carbons (Fsp3) is 0.368. The second kappa shape index (κ2) is 8.10. The molecule has 0 aliphatic heterocycles. The van der Waals surface area contributed by atoms with Gasteiger partial charge in [0, 0.05) is 12.6 Å². The maximum atomic E-state index is 12.5. The first-order valence-corrected chi connectivity index (χ1v) is 11.6. The quantitative estimate of drug-likeness (QED) is 0.734. The van der Waals surface area contributed by atoms with Crippen molar-refractivity contribution in [1.29, 1.82) is 0 Å². The minimum Gasteiger partial charge on any atom is -0.210 e. The number of nitrogens with one attached hydrogen (secondary N) is 2. The lowest BCUT2D eigenvalue weighted by Crippen LogP contribution is -2.41. The van der Waals surface area contributed by atoms with Gasteiger partial charge in [0.15, 0.2) is 0 Å². The minimum absolute atomic E-state index is 0.0562. The second-order valence-corrected chi connectivity index (χ2v) is 10.3. The Balaban J connectivity index is 2.07. The van der Waals surface area contributed by atoms with Crippen LogP contribution in [0.4, 0.5) is 0 Å². The van der Waals surface area contributed by atoms with E-state index < -0.39 is 26.1 Å². The number of rotatable bonds is 7. The highest BCUT2D eigenvalue weighted by Gasteiger charge is 2.20. The molecule has 0 aromatic heterocycles. The molecule has 1 atom stereocenters. The molecule has 0 fully saturated rings. The van der Waals surface area contributed by atoms with Crippen LogP contribution < -0.4 is 9.44 Å². The summed E-state index contributed by atoms with van der Waals surface area (Å²) in [6, 6.07) is 9.15. The zero-order chi connectivity index (χ0) is 20.4. The fourth-order valence-corrected chi connectivity index (χ4v) is 5.00. The Kier molecular flexibility index (Phi) is 6.47. The summed E-state index contributed by atoms with van der Waals surface area (Å²) < 4.78 is 54.8. The van der Waals surface area contributed by atoms with E-state index in [-0.39, 0.29) is 16.3 Å². The van der Waals surface area contributed by atoms with Crippen molar-refractivity contribution < 1.29 is 16.8 Å². The van der Waals surface area contributed by atoms with Crippen molar-refractivity contribution in [3.05, 3.63) is 58.7 Å². The van der Waals surface area contributed by atoms with E-state index >= 15 is 0 Å². The van der Waals surface area contributed by atoms with Crippen LogP contribution in [0.1, 0.15) is 29.2 Å². The van der Waals surface area contributed by atoms with Gasteiger partial charge in [0.25, 0.3) is 0 Å². The van der Waals surface area contributed by atoms with E-state index in [1.54, 1.807) is 31.2 Å². The van der Waals surface area contributed by atoms with Gasteiger partial charge in [-0.25, -0.2) is 26.3 Å². The number of hydrogen-bond donors (Lipinski definition) is 2. The SMILES string of the molecule is Cc1ccc(S(=O)(=O)NC[C@H](C)NS(=O)(=O)c2ccc(C)c(C)c2)cc1C. The van der Waals surface area contributed by atoms with E-state index in [9.17, 15) is 16.8 Å². The lowest BCUT2D eigenvalue weighted by Gasteiger charge is -2.16. The van der Waals surface area contributed by atoms with Gasteiger partial charge in [-0.05, 0) is 81.1 Å². The molecule has 0 saturated heterocycles. The van der Waals surface area contributed by atoms with Gasteiger partial charge >= 0.3 is 0 Å². The van der Waals surface area contributed by atoms with Crippen molar-refractivity contribution in [3.63, 3.8) is 0 Å². The van der Waals surface area contributed by atoms with Crippen LogP contribution in [0.3, 0.4) is 0 Å². The molecule has 0 bridgehead atoms. The van der Waals surface area contributed by atoms with Crippen LogP contribution in [0.5, 0.6) is 0 Å². The number of benzene rings is 2. The van der Waals surface area contributed by atoms with E-state index in [0.29, 0.717) is 0 Å². The Morgan fingerprint density at radius 3 is 1.63 bits per heavy atom. The molecule has 0 spiro atoms. The Labute approximate surface area is 162 Å². The largest absolute Gasteiger partial charge is 0.240 e. The van der Waals surface area contributed by atoms with Crippen molar-refractivity contribution in [2.75, 3.05) is 6.54 Å². The molecule has 2 N–H and O–H groups in total. The highest BCUT2D eigenvalue weighted by atomic mass is 32.2. The molecule has 0 saturated carbocycles. The molecule has 2 aromatic carbocycles. The summed E-state index contributed by atoms with van der Waals surface area (Å²) in [5, 5.41) is 0. The van der Waals surface area contributed by atoms with Gasteiger partial charge in [-0.1, -0.05) is 12.1 Å². The number of sulfonamides is 2. The van der Waals surface area contributed by atoms with E-state index in [2.05, 4.69) is 9.44 Å². The highest BCUT2D eigenvalue weighted by Crippen LogP contribution is 2.16. The Morgan fingerprint density at radius 1 is 0.741 bits per heavy atom. The molecule has 0 heterocycles. The maximum Gasteiger partial charge on any atom is 0.240 e. The summed E-state index contributed by atoms with van der Waals surface area (Å²) in [4.78, 5) is 0.323. The first kappa shape index (κ1) is 21.6. The van der Waals surface area contributed by atoms with Gasteiger partial charge in [-0.2, -0.15) is 0 Å². The summed E-state index contributed by atoms with van der Waals surface area (Å²) in [6.07, 6.45) is 0. The van der Waals surface area contributed by atoms with Gasteiger partial charge < -0.3 is 0 Å². The Bertz CT molecular complexity index is 1050. The van der Waals surface area contributed by atoms with E-state index in [0.717, 1.165) is 22.3 Å². The van der Waals surface area contributed by atoms with Crippen molar-refractivity contribution >= 4 is 20.0 Å². The van der Waals surface area contributed by atoms with Crippen LogP contribution in [0.2, 0.25) is 0 Å². The zero-order valence-electron chi connectivity index (χ0n) is 16.2. The third kappa shape index (κ3) is 5.38. The monoisotopic (exact) mass is 410 g/mol. The molecular weight excluding hydrogens is 384 g/mol. The Hall–Kier alpha value is -1.74. The molecule has 148 valence electrons. The van der Waals surface area contributed by atoms with Crippen LogP contribution in [0.25, 0.3) is 0 Å². The van der Waals surface area contributed by atoms with Gasteiger partial charge in [0.05, 0.1) is 9.79 Å². The third-order valence-corrected chi connectivity index (χ3v) is 7.52. The van der Waals surface area contributed by atoms with Crippen LogP contribution >= 0.6 is 0 Å². The van der Waals surface area contributed by atoms with Crippen LogP contribution in [-0.4, -0.2) is 29.4 Å². The molecule has 0 aliphatic carbocycles. The first-order valence-electron chi connectivity index (χ1n) is 8.59. The van der Waals surface area contributed by atoms with Crippen LogP contribution in [0.15, 0.2) is 46.2 Å². The molecule has 2 aromatic rings. The van der Waals surface area contributed by atoms with Crippen molar-refractivity contribution in [2.24, 2.45) is 0 Å². The summed E-state index contributed by atoms with van der Waals surface area (Å²) in [7, 11) is -7.44. The smallest absolute Gasteiger partial charge is 0.210 e. The van der Waals surface area contributed by atoms with E-state index in [1.165, 1.54) is 12.1 Å². The molecule has 0 unspecified atom stereocenters. The summed E-state index contributed by atoms with van der Waals surface area (Å²) in [6.45, 7) is 9.05. The van der Waals surface area contributed by atoms with Gasteiger partial charge in [-0.3, -0.25) is 0 Å². The summed E-state index contributed by atoms with van der Waals surface area (Å²) in [5.41, 5.74) is 3.76. The average Bonchev–Trinajstić information content (AvgIpc) is 2.57. The molecule has 0 radical (unpaired) electrons. The lowest BCUT2D eigenvalue weighted by molar-refractivity contribution is 0.545. The number of hydrogen-bond acceptors (Lipinski definition) is 4. The van der Waals surface area contributed by atoms with E-state index in [4.69, 9.17) is 0 Å². The highest BCUT2D eigenvalue weighted by molar-refractivity contribution is 7.90.